The van der Waals surface area contributed by atoms with Crippen LogP contribution in [0.3, 0.4) is 0 Å². The molecule has 0 bridgehead atoms. The zero-order chi connectivity index (χ0) is 26.5. The maximum atomic E-state index is 13.2. The Kier molecular flexibility index (Phi) is 6.68. The molecule has 196 valence electrons. The van der Waals surface area contributed by atoms with E-state index < -0.39 is 49.4 Å². The Balaban J connectivity index is 1.57. The second kappa shape index (κ2) is 9.54. The monoisotopic (exact) mass is 564 g/mol. The molecule has 2 aromatic rings. The van der Waals surface area contributed by atoms with Crippen LogP contribution in [0.4, 0.5) is 0 Å². The highest BCUT2D eigenvalue weighted by Crippen LogP contribution is 2.42. The van der Waals surface area contributed by atoms with Crippen molar-refractivity contribution in [1.29, 1.82) is 0 Å². The van der Waals surface area contributed by atoms with Crippen molar-refractivity contribution in [2.45, 2.75) is 36.2 Å². The number of rotatable bonds is 5. The largest absolute Gasteiger partial charge is 0.507 e. The lowest BCUT2D eigenvalue weighted by atomic mass is 9.95. The van der Waals surface area contributed by atoms with Crippen LogP contribution in [-0.2, 0) is 29.4 Å². The highest BCUT2D eigenvalue weighted by Gasteiger charge is 2.51. The number of sulfone groups is 1. The van der Waals surface area contributed by atoms with Gasteiger partial charge in [0.1, 0.15) is 5.76 Å². The van der Waals surface area contributed by atoms with Crippen LogP contribution in [0, 0.1) is 0 Å². The van der Waals surface area contributed by atoms with Crippen LogP contribution in [0.5, 0.6) is 0 Å². The predicted octanol–water partition coefficient (Wildman–Crippen LogP) is 2.73. The van der Waals surface area contributed by atoms with E-state index in [2.05, 4.69) is 0 Å². The molecule has 0 aromatic heterocycles. The van der Waals surface area contributed by atoms with Crippen molar-refractivity contribution in [2.24, 2.45) is 0 Å². The number of Topliss-reactive ketones (excluding diaryl/α,β-unsaturated/α-hetero) is 1. The third kappa shape index (κ3) is 4.69. The van der Waals surface area contributed by atoms with E-state index in [-0.39, 0.29) is 34.0 Å². The summed E-state index contributed by atoms with van der Waals surface area (Å²) in [7, 11) is -7.04. The Morgan fingerprint density at radius 3 is 2.16 bits per heavy atom. The maximum Gasteiger partial charge on any atom is 0.295 e. The Morgan fingerprint density at radius 1 is 0.973 bits per heavy atom. The standard InChI is InChI=1S/C25H25ClN2O7S2/c26-18-7-3-16(4-8-18)22-21(24(30)25(31)28(22)19-11-14-36(32,33)15-19)23(29)17-5-9-20(10-6-17)37(34,35)27-12-1-2-13-27/h3-10,19,22,29H,1-2,11-15H2/t19-,22+/m0/s1. The summed E-state index contributed by atoms with van der Waals surface area (Å²) in [6.45, 7) is 0.900. The van der Waals surface area contributed by atoms with Crippen molar-refractivity contribution in [1.82, 2.24) is 9.21 Å². The van der Waals surface area contributed by atoms with Crippen LogP contribution in [0.2, 0.25) is 5.02 Å². The lowest BCUT2D eigenvalue weighted by Gasteiger charge is -2.30. The van der Waals surface area contributed by atoms with Gasteiger partial charge >= 0.3 is 0 Å². The molecule has 3 heterocycles. The summed E-state index contributed by atoms with van der Waals surface area (Å²) in [6, 6.07) is 10.2. The van der Waals surface area contributed by atoms with Gasteiger partial charge in [-0.15, -0.1) is 0 Å². The van der Waals surface area contributed by atoms with Gasteiger partial charge in [-0.2, -0.15) is 4.31 Å². The van der Waals surface area contributed by atoms with Gasteiger partial charge in [-0.05, 0) is 61.2 Å². The first-order chi connectivity index (χ1) is 17.5. The van der Waals surface area contributed by atoms with Crippen LogP contribution >= 0.6 is 11.6 Å². The average Bonchev–Trinajstić information content (AvgIpc) is 3.59. The first-order valence-corrected chi connectivity index (χ1v) is 15.5. The molecule has 1 amide bonds. The number of benzene rings is 2. The summed E-state index contributed by atoms with van der Waals surface area (Å²) in [6.07, 6.45) is 1.78. The van der Waals surface area contributed by atoms with Crippen LogP contribution in [0.15, 0.2) is 59.0 Å². The highest BCUT2D eigenvalue weighted by atomic mass is 35.5. The summed E-state index contributed by atoms with van der Waals surface area (Å²) >= 11 is 6.03. The topological polar surface area (TPSA) is 129 Å². The molecule has 1 N–H and O–H groups in total. The normalized spacial score (nSPS) is 25.7. The lowest BCUT2D eigenvalue weighted by molar-refractivity contribution is -0.141. The third-order valence-electron chi connectivity index (χ3n) is 7.10. The minimum atomic E-state index is -3.67. The summed E-state index contributed by atoms with van der Waals surface area (Å²) in [5.41, 5.74) is 0.464. The second-order valence-electron chi connectivity index (χ2n) is 9.45. The van der Waals surface area contributed by atoms with Gasteiger partial charge in [0.15, 0.2) is 9.84 Å². The molecule has 2 atom stereocenters. The summed E-state index contributed by atoms with van der Waals surface area (Å²) in [5.74, 6) is -2.66. The van der Waals surface area contributed by atoms with Crippen molar-refractivity contribution in [3.8, 4) is 0 Å². The molecule has 0 saturated carbocycles. The third-order valence-corrected chi connectivity index (χ3v) is 11.0. The van der Waals surface area contributed by atoms with E-state index in [1.807, 2.05) is 0 Å². The first kappa shape index (κ1) is 25.9. The SMILES string of the molecule is O=C1C(=O)N([C@H]2CCS(=O)(=O)C2)[C@H](c2ccc(Cl)cc2)C1=C(O)c1ccc(S(=O)(=O)N2CCCC2)cc1. The fraction of sp³-hybridized carbons (Fsp3) is 0.360. The molecule has 37 heavy (non-hydrogen) atoms. The number of amides is 1. The maximum absolute atomic E-state index is 13.2. The van der Waals surface area contributed by atoms with Gasteiger partial charge in [-0.3, -0.25) is 9.59 Å². The quantitative estimate of drug-likeness (QED) is 0.336. The zero-order valence-electron chi connectivity index (χ0n) is 19.7. The number of likely N-dealkylation sites (tertiary alicyclic amines) is 1. The minimum Gasteiger partial charge on any atom is -0.507 e. The van der Waals surface area contributed by atoms with Gasteiger partial charge in [0, 0.05) is 29.7 Å². The van der Waals surface area contributed by atoms with E-state index in [0.717, 1.165) is 12.8 Å². The van der Waals surface area contributed by atoms with Gasteiger partial charge in [-0.25, -0.2) is 16.8 Å². The number of hydrogen-bond donors (Lipinski definition) is 1. The summed E-state index contributed by atoms with van der Waals surface area (Å²) in [4.78, 5) is 27.7. The second-order valence-corrected chi connectivity index (χ2v) is 14.1. The van der Waals surface area contributed by atoms with Crippen LogP contribution in [-0.4, -0.2) is 73.5 Å². The van der Waals surface area contributed by atoms with Gasteiger partial charge in [0.25, 0.3) is 11.7 Å². The van der Waals surface area contributed by atoms with E-state index in [9.17, 15) is 31.5 Å². The summed E-state index contributed by atoms with van der Waals surface area (Å²) in [5, 5.41) is 11.7. The van der Waals surface area contributed by atoms with Crippen LogP contribution in [0.1, 0.15) is 36.4 Å². The number of ketones is 1. The van der Waals surface area contributed by atoms with Gasteiger partial charge in [-0.1, -0.05) is 23.7 Å². The van der Waals surface area contributed by atoms with Crippen molar-refractivity contribution in [3.05, 3.63) is 70.3 Å². The number of carbonyl (C=O) groups excluding carboxylic acids is 2. The molecule has 0 radical (unpaired) electrons. The fourth-order valence-electron chi connectivity index (χ4n) is 5.21. The highest BCUT2D eigenvalue weighted by molar-refractivity contribution is 7.91. The number of aliphatic hydroxyl groups is 1. The van der Waals surface area contributed by atoms with Crippen molar-refractivity contribution in [3.63, 3.8) is 0 Å². The molecule has 2 aromatic carbocycles. The Morgan fingerprint density at radius 2 is 1.59 bits per heavy atom. The smallest absolute Gasteiger partial charge is 0.295 e. The zero-order valence-corrected chi connectivity index (χ0v) is 22.1. The van der Waals surface area contributed by atoms with Crippen LogP contribution in [0.25, 0.3) is 5.76 Å². The molecule has 12 heteroatoms. The average molecular weight is 565 g/mol. The number of nitrogens with zero attached hydrogens (tertiary/aromatic N) is 2. The lowest BCUT2D eigenvalue weighted by Crippen LogP contribution is -2.40. The van der Waals surface area contributed by atoms with Crippen LogP contribution < -0.4 is 0 Å². The van der Waals surface area contributed by atoms with Crippen molar-refractivity contribution in [2.75, 3.05) is 24.6 Å². The predicted molar refractivity (Wildman–Crippen MR) is 137 cm³/mol. The van der Waals surface area contributed by atoms with E-state index in [1.165, 1.54) is 33.5 Å². The van der Waals surface area contributed by atoms with E-state index in [0.29, 0.717) is 23.7 Å². The van der Waals surface area contributed by atoms with E-state index >= 15 is 0 Å². The van der Waals surface area contributed by atoms with E-state index in [4.69, 9.17) is 11.6 Å². The number of aliphatic hydroxyl groups excluding tert-OH is 1. The van der Waals surface area contributed by atoms with E-state index in [1.54, 1.807) is 24.3 Å². The molecule has 0 spiro atoms. The molecule has 0 aliphatic carbocycles. The molecule has 9 nitrogen and oxygen atoms in total. The molecular weight excluding hydrogens is 540 g/mol. The number of carbonyl (C=O) groups is 2. The molecule has 3 fully saturated rings. The minimum absolute atomic E-state index is 0.0665. The first-order valence-electron chi connectivity index (χ1n) is 11.9. The molecule has 5 rings (SSSR count). The summed E-state index contributed by atoms with van der Waals surface area (Å²) < 4.78 is 51.5. The molecular formula is C25H25ClN2O7S2. The van der Waals surface area contributed by atoms with Gasteiger partial charge in [0.2, 0.25) is 10.0 Å². The molecule has 3 aliphatic rings. The molecule has 3 aliphatic heterocycles. The number of halogens is 1. The van der Waals surface area contributed by atoms with Gasteiger partial charge < -0.3 is 10.0 Å². The molecule has 0 unspecified atom stereocenters. The molecule has 3 saturated heterocycles. The number of hydrogen-bond acceptors (Lipinski definition) is 7. The number of sulfonamides is 1. The Labute approximate surface area is 220 Å². The van der Waals surface area contributed by atoms with Crippen molar-refractivity contribution < 1.29 is 31.5 Å². The van der Waals surface area contributed by atoms with Crippen molar-refractivity contribution >= 4 is 48.9 Å². The van der Waals surface area contributed by atoms with Gasteiger partial charge in [0.05, 0.1) is 28.0 Å². The Hall–Kier alpha value is -2.73. The fourth-order valence-corrected chi connectivity index (χ4v) is 8.57. The Bertz CT molecular complexity index is 1500.